The van der Waals surface area contributed by atoms with E-state index in [-0.39, 0.29) is 6.04 Å². The van der Waals surface area contributed by atoms with Gasteiger partial charge >= 0.3 is 0 Å². The summed E-state index contributed by atoms with van der Waals surface area (Å²) in [6, 6.07) is 10.8. The highest BCUT2D eigenvalue weighted by Gasteiger charge is 2.24. The fraction of sp³-hybridized carbons (Fsp3) is 0.375. The van der Waals surface area contributed by atoms with Crippen molar-refractivity contribution in [1.29, 1.82) is 0 Å². The molecule has 1 aromatic carbocycles. The number of aryl methyl sites for hydroxylation is 1. The van der Waals surface area contributed by atoms with Crippen molar-refractivity contribution in [3.63, 3.8) is 0 Å². The molecule has 1 aliphatic rings. The van der Waals surface area contributed by atoms with Crippen molar-refractivity contribution >= 4 is 0 Å². The van der Waals surface area contributed by atoms with Crippen LogP contribution in [0.1, 0.15) is 48.0 Å². The van der Waals surface area contributed by atoms with Crippen molar-refractivity contribution < 1.29 is 0 Å². The van der Waals surface area contributed by atoms with Crippen LogP contribution in [0, 0.1) is 0 Å². The summed E-state index contributed by atoms with van der Waals surface area (Å²) in [6.07, 6.45) is 7.99. The SMILES string of the molecule is NNC(CC1CCCc2ccccc21)c1ccncn1. The maximum absolute atomic E-state index is 5.73. The minimum absolute atomic E-state index is 0.0779. The first-order chi connectivity index (χ1) is 9.88. The van der Waals surface area contributed by atoms with E-state index in [1.54, 1.807) is 12.5 Å². The van der Waals surface area contributed by atoms with E-state index in [1.165, 1.54) is 30.4 Å². The Balaban J connectivity index is 1.81. The van der Waals surface area contributed by atoms with Crippen LogP contribution < -0.4 is 11.3 Å². The molecular formula is C16H20N4. The third kappa shape index (κ3) is 2.71. The summed E-state index contributed by atoms with van der Waals surface area (Å²) in [5.74, 6) is 6.28. The van der Waals surface area contributed by atoms with Crippen molar-refractivity contribution in [1.82, 2.24) is 15.4 Å². The van der Waals surface area contributed by atoms with E-state index in [0.717, 1.165) is 12.1 Å². The maximum atomic E-state index is 5.73. The minimum Gasteiger partial charge on any atom is -0.271 e. The first kappa shape index (κ1) is 13.2. The van der Waals surface area contributed by atoms with Crippen LogP contribution in [-0.4, -0.2) is 9.97 Å². The molecule has 2 aromatic rings. The molecule has 0 saturated carbocycles. The molecule has 104 valence electrons. The number of hydrogen-bond acceptors (Lipinski definition) is 4. The predicted molar refractivity (Wildman–Crippen MR) is 78.8 cm³/mol. The number of hydrogen-bond donors (Lipinski definition) is 2. The Hall–Kier alpha value is -1.78. The number of fused-ring (bicyclic) bond motifs is 1. The highest BCUT2D eigenvalue weighted by molar-refractivity contribution is 5.33. The summed E-state index contributed by atoms with van der Waals surface area (Å²) >= 11 is 0. The van der Waals surface area contributed by atoms with E-state index in [4.69, 9.17) is 5.84 Å². The van der Waals surface area contributed by atoms with E-state index in [1.807, 2.05) is 6.07 Å². The fourth-order valence-corrected chi connectivity index (χ4v) is 3.17. The Labute approximate surface area is 119 Å². The molecule has 3 rings (SSSR count). The van der Waals surface area contributed by atoms with Crippen LogP contribution >= 0.6 is 0 Å². The maximum Gasteiger partial charge on any atom is 0.115 e. The van der Waals surface area contributed by atoms with Crippen molar-refractivity contribution in [2.75, 3.05) is 0 Å². The van der Waals surface area contributed by atoms with Crippen LogP contribution in [-0.2, 0) is 6.42 Å². The van der Waals surface area contributed by atoms with Crippen LogP contribution in [0.15, 0.2) is 42.9 Å². The van der Waals surface area contributed by atoms with Crippen molar-refractivity contribution in [3.05, 3.63) is 59.7 Å². The Morgan fingerprint density at radius 1 is 1.30 bits per heavy atom. The molecule has 1 heterocycles. The van der Waals surface area contributed by atoms with Gasteiger partial charge in [0.25, 0.3) is 0 Å². The Morgan fingerprint density at radius 2 is 2.20 bits per heavy atom. The van der Waals surface area contributed by atoms with Gasteiger partial charge in [-0.1, -0.05) is 24.3 Å². The van der Waals surface area contributed by atoms with Gasteiger partial charge in [0.2, 0.25) is 0 Å². The molecule has 1 aliphatic carbocycles. The van der Waals surface area contributed by atoms with E-state index in [0.29, 0.717) is 5.92 Å². The average molecular weight is 268 g/mol. The Bertz CT molecular complexity index is 555. The lowest BCUT2D eigenvalue weighted by Crippen LogP contribution is -2.30. The van der Waals surface area contributed by atoms with E-state index in [2.05, 4.69) is 39.7 Å². The zero-order chi connectivity index (χ0) is 13.8. The Kier molecular flexibility index (Phi) is 4.04. The second-order valence-electron chi connectivity index (χ2n) is 5.38. The molecule has 20 heavy (non-hydrogen) atoms. The summed E-state index contributed by atoms with van der Waals surface area (Å²) in [5, 5.41) is 0. The van der Waals surface area contributed by atoms with Gasteiger partial charge in [-0.15, -0.1) is 0 Å². The number of nitrogens with zero attached hydrogens (tertiary/aromatic N) is 2. The number of aromatic nitrogens is 2. The topological polar surface area (TPSA) is 63.8 Å². The van der Waals surface area contributed by atoms with Crippen molar-refractivity contribution in [2.24, 2.45) is 5.84 Å². The Morgan fingerprint density at radius 3 is 3.00 bits per heavy atom. The molecule has 4 nitrogen and oxygen atoms in total. The normalized spacial score (nSPS) is 19.4. The summed E-state index contributed by atoms with van der Waals surface area (Å²) < 4.78 is 0. The average Bonchev–Trinajstić information content (AvgIpc) is 2.53. The highest BCUT2D eigenvalue weighted by atomic mass is 15.2. The number of benzene rings is 1. The summed E-state index contributed by atoms with van der Waals surface area (Å²) in [4.78, 5) is 8.28. The van der Waals surface area contributed by atoms with Gasteiger partial charge in [0, 0.05) is 6.20 Å². The number of nitrogens with one attached hydrogen (secondary N) is 1. The van der Waals surface area contributed by atoms with Gasteiger partial charge in [-0.25, -0.2) is 9.97 Å². The summed E-state index contributed by atoms with van der Waals surface area (Å²) in [5.41, 5.74) is 6.84. The van der Waals surface area contributed by atoms with Crippen LogP contribution in [0.2, 0.25) is 0 Å². The molecule has 0 amide bonds. The molecule has 0 spiro atoms. The zero-order valence-corrected chi connectivity index (χ0v) is 11.5. The molecular weight excluding hydrogens is 248 g/mol. The molecule has 2 unspecified atom stereocenters. The van der Waals surface area contributed by atoms with E-state index in [9.17, 15) is 0 Å². The molecule has 1 aromatic heterocycles. The van der Waals surface area contributed by atoms with Crippen molar-refractivity contribution in [3.8, 4) is 0 Å². The standard InChI is InChI=1S/C16H20N4/c17-20-16(15-8-9-18-11-19-15)10-13-6-3-5-12-4-1-2-7-14(12)13/h1-2,4,7-9,11,13,16,20H,3,5-6,10,17H2. The molecule has 2 atom stereocenters. The number of nitrogens with two attached hydrogens (primary N) is 1. The predicted octanol–water partition coefficient (Wildman–Crippen LogP) is 2.49. The molecule has 0 aliphatic heterocycles. The molecule has 4 heteroatoms. The van der Waals surface area contributed by atoms with Crippen LogP contribution in [0.5, 0.6) is 0 Å². The van der Waals surface area contributed by atoms with Gasteiger partial charge in [-0.3, -0.25) is 11.3 Å². The largest absolute Gasteiger partial charge is 0.271 e. The minimum atomic E-state index is 0.0779. The molecule has 0 saturated heterocycles. The second kappa shape index (κ2) is 6.11. The lowest BCUT2D eigenvalue weighted by Gasteiger charge is -2.28. The molecule has 0 radical (unpaired) electrons. The van der Waals surface area contributed by atoms with Gasteiger partial charge in [0.1, 0.15) is 6.33 Å². The quantitative estimate of drug-likeness (QED) is 0.660. The number of hydrazine groups is 1. The molecule has 3 N–H and O–H groups in total. The lowest BCUT2D eigenvalue weighted by atomic mass is 9.79. The van der Waals surface area contributed by atoms with Gasteiger partial charge in [-0.2, -0.15) is 0 Å². The first-order valence-corrected chi connectivity index (χ1v) is 7.18. The highest BCUT2D eigenvalue weighted by Crippen LogP contribution is 2.37. The molecule has 0 fully saturated rings. The van der Waals surface area contributed by atoms with Gasteiger partial charge in [-0.05, 0) is 48.8 Å². The van der Waals surface area contributed by atoms with E-state index < -0.39 is 0 Å². The number of rotatable bonds is 4. The van der Waals surface area contributed by atoms with Gasteiger partial charge < -0.3 is 0 Å². The smallest absolute Gasteiger partial charge is 0.115 e. The first-order valence-electron chi connectivity index (χ1n) is 7.18. The van der Waals surface area contributed by atoms with Gasteiger partial charge in [0.05, 0.1) is 11.7 Å². The van der Waals surface area contributed by atoms with Gasteiger partial charge in [0.15, 0.2) is 0 Å². The molecule has 0 bridgehead atoms. The summed E-state index contributed by atoms with van der Waals surface area (Å²) in [7, 11) is 0. The van der Waals surface area contributed by atoms with E-state index >= 15 is 0 Å². The van der Waals surface area contributed by atoms with Crippen LogP contribution in [0.25, 0.3) is 0 Å². The van der Waals surface area contributed by atoms with Crippen LogP contribution in [0.4, 0.5) is 0 Å². The third-order valence-electron chi connectivity index (χ3n) is 4.18. The zero-order valence-electron chi connectivity index (χ0n) is 11.5. The third-order valence-corrected chi connectivity index (χ3v) is 4.18. The summed E-state index contributed by atoms with van der Waals surface area (Å²) in [6.45, 7) is 0. The fourth-order valence-electron chi connectivity index (χ4n) is 3.17. The monoisotopic (exact) mass is 268 g/mol. The second-order valence-corrected chi connectivity index (χ2v) is 5.38. The van der Waals surface area contributed by atoms with Crippen LogP contribution in [0.3, 0.4) is 0 Å². The lowest BCUT2D eigenvalue weighted by molar-refractivity contribution is 0.419. The van der Waals surface area contributed by atoms with Crippen molar-refractivity contribution in [2.45, 2.75) is 37.6 Å².